The molecule has 25 heavy (non-hydrogen) atoms. The molecule has 3 aromatic rings. The van der Waals surface area contributed by atoms with E-state index in [1.165, 1.54) is 11.3 Å². The molecule has 0 aromatic carbocycles. The second kappa shape index (κ2) is 6.40. The molecule has 0 bridgehead atoms. The lowest BCUT2D eigenvalue weighted by Crippen LogP contribution is -2.38. The summed E-state index contributed by atoms with van der Waals surface area (Å²) in [6.45, 7) is 3.27. The van der Waals surface area contributed by atoms with E-state index in [1.807, 2.05) is 23.3 Å². The molecule has 4 rings (SSSR count). The van der Waals surface area contributed by atoms with Crippen LogP contribution < -0.4 is 4.74 Å². The number of hydrogen-bond acceptors (Lipinski definition) is 7. The van der Waals surface area contributed by atoms with Gasteiger partial charge in [0.15, 0.2) is 11.5 Å². The normalized spacial score (nSPS) is 15.7. The number of piperidine rings is 1. The number of carbonyl (C=O) groups is 1. The number of hydrogen-bond donors (Lipinski definition) is 0. The van der Waals surface area contributed by atoms with Crippen LogP contribution in [0.2, 0.25) is 0 Å². The van der Waals surface area contributed by atoms with Gasteiger partial charge in [0.2, 0.25) is 5.88 Å². The van der Waals surface area contributed by atoms with Crippen LogP contribution in [-0.2, 0) is 0 Å². The van der Waals surface area contributed by atoms with Crippen molar-refractivity contribution >= 4 is 22.9 Å². The summed E-state index contributed by atoms with van der Waals surface area (Å²) in [6.07, 6.45) is 1.66. The third-order valence-corrected chi connectivity index (χ3v) is 5.23. The monoisotopic (exact) mass is 358 g/mol. The van der Waals surface area contributed by atoms with Crippen molar-refractivity contribution in [1.82, 2.24) is 29.7 Å². The number of nitrogens with zero attached hydrogens (tertiary/aromatic N) is 6. The fourth-order valence-corrected chi connectivity index (χ4v) is 3.70. The number of aromatic nitrogens is 5. The second-order valence-corrected chi connectivity index (χ2v) is 7.08. The van der Waals surface area contributed by atoms with Crippen molar-refractivity contribution in [2.24, 2.45) is 0 Å². The van der Waals surface area contributed by atoms with Crippen molar-refractivity contribution in [1.29, 1.82) is 0 Å². The highest BCUT2D eigenvalue weighted by molar-refractivity contribution is 7.09. The van der Waals surface area contributed by atoms with Crippen LogP contribution in [0.5, 0.6) is 5.88 Å². The molecule has 8 nitrogen and oxygen atoms in total. The Balaban J connectivity index is 1.49. The molecule has 9 heteroatoms. The fourth-order valence-electron chi connectivity index (χ4n) is 3.12. The molecule has 1 aliphatic heterocycles. The first kappa shape index (κ1) is 15.9. The minimum Gasteiger partial charge on any atom is -0.480 e. The maximum absolute atomic E-state index is 12.5. The van der Waals surface area contributed by atoms with Gasteiger partial charge in [-0.05, 0) is 25.8 Å². The molecule has 0 aliphatic carbocycles. The molecule has 3 aromatic heterocycles. The molecule has 0 atom stereocenters. The van der Waals surface area contributed by atoms with Crippen LogP contribution in [-0.4, -0.2) is 55.8 Å². The minimum atomic E-state index is 0.00805. The highest BCUT2D eigenvalue weighted by Gasteiger charge is 2.28. The van der Waals surface area contributed by atoms with Gasteiger partial charge in [-0.1, -0.05) is 0 Å². The van der Waals surface area contributed by atoms with Gasteiger partial charge in [0.05, 0.1) is 12.1 Å². The van der Waals surface area contributed by atoms with Gasteiger partial charge in [0.1, 0.15) is 5.69 Å². The fraction of sp³-hybridized carbons (Fsp3) is 0.438. The van der Waals surface area contributed by atoms with Crippen molar-refractivity contribution in [3.05, 3.63) is 34.0 Å². The summed E-state index contributed by atoms with van der Waals surface area (Å²) < 4.78 is 6.93. The molecule has 0 N–H and O–H groups in total. The number of carbonyl (C=O) groups excluding carboxylic acids is 1. The molecular formula is C16H18N6O2S. The van der Waals surface area contributed by atoms with Crippen LogP contribution in [0, 0.1) is 6.92 Å². The number of thiazole rings is 1. The average molecular weight is 358 g/mol. The molecule has 0 spiro atoms. The predicted octanol–water partition coefficient (Wildman–Crippen LogP) is 1.92. The Labute approximate surface area is 148 Å². The summed E-state index contributed by atoms with van der Waals surface area (Å²) in [4.78, 5) is 18.7. The van der Waals surface area contributed by atoms with Crippen molar-refractivity contribution in [3.63, 3.8) is 0 Å². The van der Waals surface area contributed by atoms with E-state index in [1.54, 1.807) is 17.7 Å². The van der Waals surface area contributed by atoms with Crippen molar-refractivity contribution in [3.8, 4) is 5.88 Å². The summed E-state index contributed by atoms with van der Waals surface area (Å²) in [5.41, 5.74) is 1.24. The Bertz CT molecular complexity index is 912. The number of amides is 1. The second-order valence-electron chi connectivity index (χ2n) is 6.02. The number of fused-ring (bicyclic) bond motifs is 1. The molecule has 1 saturated heterocycles. The summed E-state index contributed by atoms with van der Waals surface area (Å²) in [5.74, 6) is 1.58. The lowest BCUT2D eigenvalue weighted by atomic mass is 9.96. The maximum Gasteiger partial charge on any atom is 0.273 e. The predicted molar refractivity (Wildman–Crippen MR) is 92.1 cm³/mol. The maximum atomic E-state index is 12.5. The third-order valence-electron chi connectivity index (χ3n) is 4.46. The molecule has 0 radical (unpaired) electrons. The molecule has 1 amide bonds. The molecule has 1 fully saturated rings. The van der Waals surface area contributed by atoms with Gasteiger partial charge in [-0.2, -0.15) is 4.52 Å². The highest BCUT2D eigenvalue weighted by Crippen LogP contribution is 2.28. The van der Waals surface area contributed by atoms with Crippen LogP contribution in [0.4, 0.5) is 0 Å². The quantitative estimate of drug-likeness (QED) is 0.711. The van der Waals surface area contributed by atoms with Crippen molar-refractivity contribution < 1.29 is 9.53 Å². The zero-order valence-electron chi connectivity index (χ0n) is 14.0. The van der Waals surface area contributed by atoms with Crippen LogP contribution in [0.1, 0.15) is 40.1 Å². The van der Waals surface area contributed by atoms with Gasteiger partial charge >= 0.3 is 0 Å². The number of aryl methyl sites for hydroxylation is 1. The lowest BCUT2D eigenvalue weighted by Gasteiger charge is -2.30. The Hall–Kier alpha value is -2.55. The van der Waals surface area contributed by atoms with Crippen molar-refractivity contribution in [2.45, 2.75) is 25.7 Å². The van der Waals surface area contributed by atoms with E-state index < -0.39 is 0 Å². The van der Waals surface area contributed by atoms with Gasteiger partial charge in [0, 0.05) is 30.5 Å². The first-order chi connectivity index (χ1) is 12.2. The van der Waals surface area contributed by atoms with E-state index in [0.717, 1.165) is 23.7 Å². The first-order valence-electron chi connectivity index (χ1n) is 8.13. The molecule has 4 heterocycles. The van der Waals surface area contributed by atoms with Crippen LogP contribution in [0.15, 0.2) is 17.5 Å². The van der Waals surface area contributed by atoms with E-state index in [0.29, 0.717) is 30.3 Å². The van der Waals surface area contributed by atoms with E-state index >= 15 is 0 Å². The smallest absolute Gasteiger partial charge is 0.273 e. The summed E-state index contributed by atoms with van der Waals surface area (Å²) in [6, 6.07) is 3.61. The van der Waals surface area contributed by atoms with E-state index in [2.05, 4.69) is 20.3 Å². The van der Waals surface area contributed by atoms with E-state index in [-0.39, 0.29) is 11.8 Å². The third kappa shape index (κ3) is 2.95. The Kier molecular flexibility index (Phi) is 4.08. The standard InChI is InChI=1S/C16H18N6O2S/c1-10-17-12(9-25-10)16(23)21-7-5-11(6-8-21)15-19-18-13-3-4-14(24-2)20-22(13)15/h3-4,9,11H,5-8H2,1-2H3. The molecule has 0 unspecified atom stereocenters. The molecule has 130 valence electrons. The van der Waals surface area contributed by atoms with Crippen LogP contribution >= 0.6 is 11.3 Å². The number of likely N-dealkylation sites (tertiary alicyclic amines) is 1. The Morgan fingerprint density at radius 2 is 2.08 bits per heavy atom. The molecule has 0 saturated carbocycles. The van der Waals surface area contributed by atoms with Gasteiger partial charge in [-0.3, -0.25) is 4.79 Å². The van der Waals surface area contributed by atoms with E-state index in [9.17, 15) is 4.79 Å². The Morgan fingerprint density at radius 3 is 2.76 bits per heavy atom. The number of methoxy groups -OCH3 is 1. The SMILES string of the molecule is COc1ccc2nnc(C3CCN(C(=O)c4csc(C)n4)CC3)n2n1. The minimum absolute atomic E-state index is 0.00805. The molecular weight excluding hydrogens is 340 g/mol. The van der Waals surface area contributed by atoms with Gasteiger partial charge < -0.3 is 9.64 Å². The van der Waals surface area contributed by atoms with Gasteiger partial charge in [-0.25, -0.2) is 4.98 Å². The largest absolute Gasteiger partial charge is 0.480 e. The molecule has 1 aliphatic rings. The Morgan fingerprint density at radius 1 is 1.28 bits per heavy atom. The van der Waals surface area contributed by atoms with Crippen LogP contribution in [0.25, 0.3) is 5.65 Å². The summed E-state index contributed by atoms with van der Waals surface area (Å²) in [5, 5.41) is 15.6. The topological polar surface area (TPSA) is 85.5 Å². The highest BCUT2D eigenvalue weighted by atomic mass is 32.1. The van der Waals surface area contributed by atoms with Crippen molar-refractivity contribution in [2.75, 3.05) is 20.2 Å². The first-order valence-corrected chi connectivity index (χ1v) is 9.01. The van der Waals surface area contributed by atoms with Gasteiger partial charge in [0.25, 0.3) is 5.91 Å². The number of ether oxygens (including phenoxy) is 1. The summed E-state index contributed by atoms with van der Waals surface area (Å²) in [7, 11) is 1.59. The summed E-state index contributed by atoms with van der Waals surface area (Å²) >= 11 is 1.50. The van der Waals surface area contributed by atoms with Gasteiger partial charge in [-0.15, -0.1) is 26.6 Å². The van der Waals surface area contributed by atoms with Crippen LogP contribution in [0.3, 0.4) is 0 Å². The zero-order chi connectivity index (χ0) is 17.4. The number of rotatable bonds is 3. The lowest BCUT2D eigenvalue weighted by molar-refractivity contribution is 0.0705. The van der Waals surface area contributed by atoms with E-state index in [4.69, 9.17) is 4.74 Å². The zero-order valence-corrected chi connectivity index (χ0v) is 14.9. The average Bonchev–Trinajstić information content (AvgIpc) is 3.27.